The summed E-state index contributed by atoms with van der Waals surface area (Å²) in [7, 11) is 0. The average molecular weight is 208 g/mol. The SMILES string of the molecule is CCONCc1ccc(C(N)=O)cc1C. The van der Waals surface area contributed by atoms with Gasteiger partial charge in [-0.2, -0.15) is 5.48 Å². The fourth-order valence-corrected chi connectivity index (χ4v) is 1.28. The number of rotatable bonds is 5. The van der Waals surface area contributed by atoms with Crippen molar-refractivity contribution >= 4 is 5.91 Å². The van der Waals surface area contributed by atoms with E-state index in [0.717, 1.165) is 11.1 Å². The number of benzene rings is 1. The van der Waals surface area contributed by atoms with Gasteiger partial charge in [-0.05, 0) is 37.1 Å². The minimum absolute atomic E-state index is 0.401. The first-order valence-corrected chi connectivity index (χ1v) is 4.89. The Balaban J connectivity index is 2.70. The molecule has 1 rings (SSSR count). The molecule has 0 aromatic heterocycles. The zero-order valence-electron chi connectivity index (χ0n) is 9.04. The third kappa shape index (κ3) is 3.34. The van der Waals surface area contributed by atoms with Gasteiger partial charge in [0.1, 0.15) is 0 Å². The first kappa shape index (κ1) is 11.7. The van der Waals surface area contributed by atoms with Crippen molar-refractivity contribution in [3.8, 4) is 0 Å². The van der Waals surface area contributed by atoms with Crippen LogP contribution in [-0.4, -0.2) is 12.5 Å². The Morgan fingerprint density at radius 1 is 1.53 bits per heavy atom. The maximum atomic E-state index is 10.9. The number of hydroxylamine groups is 1. The molecule has 4 nitrogen and oxygen atoms in total. The van der Waals surface area contributed by atoms with Crippen molar-refractivity contribution in [1.29, 1.82) is 0 Å². The first-order chi connectivity index (χ1) is 7.15. The largest absolute Gasteiger partial charge is 0.366 e. The summed E-state index contributed by atoms with van der Waals surface area (Å²) in [6.45, 7) is 5.10. The van der Waals surface area contributed by atoms with Crippen LogP contribution in [-0.2, 0) is 11.4 Å². The average Bonchev–Trinajstić information content (AvgIpc) is 2.20. The van der Waals surface area contributed by atoms with Gasteiger partial charge in [-0.25, -0.2) is 0 Å². The molecule has 0 radical (unpaired) electrons. The highest BCUT2D eigenvalue weighted by atomic mass is 16.6. The summed E-state index contributed by atoms with van der Waals surface area (Å²) in [5, 5.41) is 0. The summed E-state index contributed by atoms with van der Waals surface area (Å²) < 4.78 is 0. The van der Waals surface area contributed by atoms with Gasteiger partial charge in [0.15, 0.2) is 0 Å². The number of aryl methyl sites for hydroxylation is 1. The van der Waals surface area contributed by atoms with Gasteiger partial charge in [0.2, 0.25) is 5.91 Å². The predicted molar refractivity (Wildman–Crippen MR) is 58.2 cm³/mol. The minimum Gasteiger partial charge on any atom is -0.366 e. The normalized spacial score (nSPS) is 10.3. The van der Waals surface area contributed by atoms with E-state index in [1.165, 1.54) is 0 Å². The molecule has 0 saturated heterocycles. The van der Waals surface area contributed by atoms with Crippen LogP contribution in [0.2, 0.25) is 0 Å². The monoisotopic (exact) mass is 208 g/mol. The van der Waals surface area contributed by atoms with Gasteiger partial charge >= 0.3 is 0 Å². The molecule has 3 N–H and O–H groups in total. The van der Waals surface area contributed by atoms with Gasteiger partial charge in [-0.1, -0.05) is 6.07 Å². The van der Waals surface area contributed by atoms with E-state index in [1.807, 2.05) is 19.9 Å². The molecule has 1 aromatic carbocycles. The van der Waals surface area contributed by atoms with Gasteiger partial charge in [0, 0.05) is 12.1 Å². The number of carbonyl (C=O) groups excluding carboxylic acids is 1. The van der Waals surface area contributed by atoms with Gasteiger partial charge in [0.25, 0.3) is 0 Å². The number of hydrogen-bond acceptors (Lipinski definition) is 3. The molecule has 4 heteroatoms. The van der Waals surface area contributed by atoms with Crippen molar-refractivity contribution in [2.24, 2.45) is 5.73 Å². The number of carbonyl (C=O) groups is 1. The Morgan fingerprint density at radius 2 is 2.27 bits per heavy atom. The van der Waals surface area contributed by atoms with E-state index >= 15 is 0 Å². The van der Waals surface area contributed by atoms with Crippen LogP contribution in [0, 0.1) is 6.92 Å². The van der Waals surface area contributed by atoms with Crippen molar-refractivity contribution in [3.63, 3.8) is 0 Å². The van der Waals surface area contributed by atoms with Crippen LogP contribution in [0.25, 0.3) is 0 Å². The number of amides is 1. The maximum Gasteiger partial charge on any atom is 0.248 e. The Bertz CT molecular complexity index is 350. The molecular weight excluding hydrogens is 192 g/mol. The standard InChI is InChI=1S/C11H16N2O2/c1-3-15-13-7-10-5-4-9(11(12)14)6-8(10)2/h4-6,13H,3,7H2,1-2H3,(H2,12,14). The molecule has 0 aliphatic heterocycles. The van der Waals surface area contributed by atoms with Crippen molar-refractivity contribution < 1.29 is 9.63 Å². The van der Waals surface area contributed by atoms with E-state index in [1.54, 1.807) is 12.1 Å². The molecule has 1 amide bonds. The first-order valence-electron chi connectivity index (χ1n) is 4.89. The summed E-state index contributed by atoms with van der Waals surface area (Å²) >= 11 is 0. The lowest BCUT2D eigenvalue weighted by Crippen LogP contribution is -2.15. The molecule has 0 fully saturated rings. The quantitative estimate of drug-likeness (QED) is 0.563. The van der Waals surface area contributed by atoms with E-state index in [-0.39, 0.29) is 0 Å². The molecular formula is C11H16N2O2. The zero-order chi connectivity index (χ0) is 11.3. The third-order valence-corrected chi connectivity index (χ3v) is 2.14. The lowest BCUT2D eigenvalue weighted by molar-refractivity contribution is 0.0462. The Hall–Kier alpha value is -1.39. The van der Waals surface area contributed by atoms with Crippen LogP contribution in [0.4, 0.5) is 0 Å². The fourth-order valence-electron chi connectivity index (χ4n) is 1.28. The lowest BCUT2D eigenvalue weighted by atomic mass is 10.1. The predicted octanol–water partition coefficient (Wildman–Crippen LogP) is 1.14. The number of primary amides is 1. The van der Waals surface area contributed by atoms with Gasteiger partial charge in [0.05, 0.1) is 6.61 Å². The van der Waals surface area contributed by atoms with E-state index in [9.17, 15) is 4.79 Å². The lowest BCUT2D eigenvalue weighted by Gasteiger charge is -2.08. The van der Waals surface area contributed by atoms with Gasteiger partial charge in [-0.15, -0.1) is 0 Å². The van der Waals surface area contributed by atoms with Crippen molar-refractivity contribution in [3.05, 3.63) is 34.9 Å². The van der Waals surface area contributed by atoms with Crippen LogP contribution in [0.15, 0.2) is 18.2 Å². The van der Waals surface area contributed by atoms with Crippen LogP contribution >= 0.6 is 0 Å². The molecule has 0 aliphatic carbocycles. The Morgan fingerprint density at radius 3 is 2.80 bits per heavy atom. The Labute approximate surface area is 89.4 Å². The molecule has 0 heterocycles. The summed E-state index contributed by atoms with van der Waals surface area (Å²) in [5.74, 6) is -0.401. The highest BCUT2D eigenvalue weighted by Gasteiger charge is 2.03. The highest BCUT2D eigenvalue weighted by Crippen LogP contribution is 2.10. The molecule has 0 unspecified atom stereocenters. The number of nitrogens with one attached hydrogen (secondary N) is 1. The summed E-state index contributed by atoms with van der Waals surface area (Å²) in [6, 6.07) is 5.38. The molecule has 0 saturated carbocycles. The van der Waals surface area contributed by atoms with E-state index in [4.69, 9.17) is 10.6 Å². The van der Waals surface area contributed by atoms with Crippen molar-refractivity contribution in [1.82, 2.24) is 5.48 Å². The molecule has 15 heavy (non-hydrogen) atoms. The van der Waals surface area contributed by atoms with Crippen LogP contribution in [0.5, 0.6) is 0 Å². The van der Waals surface area contributed by atoms with E-state index in [0.29, 0.717) is 18.7 Å². The Kier molecular flexibility index (Phi) is 4.27. The second-order valence-electron chi connectivity index (χ2n) is 3.26. The van der Waals surface area contributed by atoms with Crippen LogP contribution in [0.1, 0.15) is 28.4 Å². The molecule has 0 spiro atoms. The minimum atomic E-state index is -0.401. The van der Waals surface area contributed by atoms with Crippen LogP contribution in [0.3, 0.4) is 0 Å². The zero-order valence-corrected chi connectivity index (χ0v) is 9.04. The van der Waals surface area contributed by atoms with Gasteiger partial charge < -0.3 is 10.6 Å². The van der Waals surface area contributed by atoms with Crippen molar-refractivity contribution in [2.75, 3.05) is 6.61 Å². The number of nitrogens with two attached hydrogens (primary N) is 1. The molecule has 0 atom stereocenters. The molecule has 1 aromatic rings. The maximum absolute atomic E-state index is 10.9. The highest BCUT2D eigenvalue weighted by molar-refractivity contribution is 5.93. The third-order valence-electron chi connectivity index (χ3n) is 2.14. The topological polar surface area (TPSA) is 64.3 Å². The smallest absolute Gasteiger partial charge is 0.248 e. The van der Waals surface area contributed by atoms with Gasteiger partial charge in [-0.3, -0.25) is 4.79 Å². The summed E-state index contributed by atoms with van der Waals surface area (Å²) in [6.07, 6.45) is 0. The summed E-state index contributed by atoms with van der Waals surface area (Å²) in [5.41, 5.74) is 10.7. The molecule has 0 aliphatic rings. The van der Waals surface area contributed by atoms with Crippen molar-refractivity contribution in [2.45, 2.75) is 20.4 Å². The van der Waals surface area contributed by atoms with Crippen LogP contribution < -0.4 is 11.2 Å². The fraction of sp³-hybridized carbons (Fsp3) is 0.364. The molecule has 0 bridgehead atoms. The number of hydrogen-bond donors (Lipinski definition) is 2. The van der Waals surface area contributed by atoms with E-state index < -0.39 is 5.91 Å². The van der Waals surface area contributed by atoms with E-state index in [2.05, 4.69) is 5.48 Å². The second kappa shape index (κ2) is 5.48. The molecule has 82 valence electrons. The summed E-state index contributed by atoms with van der Waals surface area (Å²) in [4.78, 5) is 15.9. The second-order valence-corrected chi connectivity index (χ2v) is 3.26.